The number of halogens is 3. The summed E-state index contributed by atoms with van der Waals surface area (Å²) in [5.41, 5.74) is -0.460. The van der Waals surface area contributed by atoms with Crippen molar-refractivity contribution in [1.82, 2.24) is 10.2 Å². The molecule has 0 unspecified atom stereocenters. The van der Waals surface area contributed by atoms with Gasteiger partial charge in [-0.15, -0.1) is 5.10 Å². The smallest absolute Gasteiger partial charge is 0.388 e. The van der Waals surface area contributed by atoms with Crippen LogP contribution in [0.4, 0.5) is 8.78 Å². The van der Waals surface area contributed by atoms with Gasteiger partial charge in [0.2, 0.25) is 5.88 Å². The fraction of sp³-hybridized carbons (Fsp3) is 0.111. The molecule has 0 radical (unpaired) electrons. The molecule has 0 fully saturated rings. The Labute approximate surface area is 96.4 Å². The monoisotopic (exact) mass is 290 g/mol. The minimum absolute atomic E-state index is 0.236. The molecule has 7 heteroatoms. The third-order valence-corrected chi connectivity index (χ3v) is 2.41. The minimum atomic E-state index is -2.98. The topological polar surface area (TPSA) is 55.0 Å². The highest BCUT2D eigenvalue weighted by Crippen LogP contribution is 2.24. The average molecular weight is 291 g/mol. The van der Waals surface area contributed by atoms with Gasteiger partial charge in [-0.05, 0) is 18.2 Å². The molecule has 0 saturated carbocycles. The Kier molecular flexibility index (Phi) is 2.86. The summed E-state index contributed by atoms with van der Waals surface area (Å²) < 4.78 is 29.0. The van der Waals surface area contributed by atoms with Crippen molar-refractivity contribution in [3.05, 3.63) is 33.0 Å². The third-order valence-electron chi connectivity index (χ3n) is 1.92. The van der Waals surface area contributed by atoms with Crippen LogP contribution in [0.2, 0.25) is 0 Å². The molecule has 0 spiro atoms. The van der Waals surface area contributed by atoms with Crippen molar-refractivity contribution in [3.8, 4) is 5.88 Å². The largest absolute Gasteiger partial charge is 0.415 e. The number of nitrogens with one attached hydrogen (secondary N) is 1. The van der Waals surface area contributed by atoms with E-state index in [-0.39, 0.29) is 16.7 Å². The quantitative estimate of drug-likeness (QED) is 0.923. The Balaban J connectivity index is 2.69. The predicted molar refractivity (Wildman–Crippen MR) is 56.7 cm³/mol. The summed E-state index contributed by atoms with van der Waals surface area (Å²) in [5.74, 6) is -0.294. The highest BCUT2D eigenvalue weighted by molar-refractivity contribution is 9.10. The molecule has 0 amide bonds. The first-order valence-corrected chi connectivity index (χ1v) is 5.00. The second-order valence-electron chi connectivity index (χ2n) is 2.93. The fourth-order valence-corrected chi connectivity index (χ4v) is 1.65. The van der Waals surface area contributed by atoms with Crippen molar-refractivity contribution in [3.63, 3.8) is 0 Å². The lowest BCUT2D eigenvalue weighted by molar-refractivity contribution is -0.0522. The predicted octanol–water partition coefficient (Wildman–Crippen LogP) is 2.29. The van der Waals surface area contributed by atoms with Crippen molar-refractivity contribution < 1.29 is 13.5 Å². The van der Waals surface area contributed by atoms with Gasteiger partial charge in [0, 0.05) is 4.47 Å². The maximum Gasteiger partial charge on any atom is 0.388 e. The van der Waals surface area contributed by atoms with E-state index >= 15 is 0 Å². The minimum Gasteiger partial charge on any atom is -0.415 e. The molecule has 0 aliphatic rings. The van der Waals surface area contributed by atoms with Crippen LogP contribution in [0.1, 0.15) is 0 Å². The van der Waals surface area contributed by atoms with Gasteiger partial charge in [0.25, 0.3) is 5.56 Å². The van der Waals surface area contributed by atoms with Crippen molar-refractivity contribution >= 4 is 26.7 Å². The Morgan fingerprint density at radius 2 is 2.12 bits per heavy atom. The summed E-state index contributed by atoms with van der Waals surface area (Å²) in [6, 6.07) is 4.61. The molecular formula is C9H5BrF2N2O2. The SMILES string of the molecule is O=c1[nH]nc(OC(F)F)c2ccc(Br)cc12. The van der Waals surface area contributed by atoms with Gasteiger partial charge >= 0.3 is 6.61 Å². The van der Waals surface area contributed by atoms with E-state index < -0.39 is 12.2 Å². The van der Waals surface area contributed by atoms with Crippen LogP contribution in [0, 0.1) is 0 Å². The average Bonchev–Trinajstić information content (AvgIpc) is 2.22. The molecule has 0 saturated heterocycles. The number of hydrogen-bond donors (Lipinski definition) is 1. The standard InChI is InChI=1S/C9H5BrF2N2O2/c10-4-1-2-5-6(3-4)7(15)13-14-8(5)16-9(11)12/h1-3,9H,(H,13,15). The van der Waals surface area contributed by atoms with Crippen LogP contribution in [0.15, 0.2) is 27.5 Å². The Bertz CT molecular complexity index is 585. The van der Waals surface area contributed by atoms with E-state index in [0.717, 1.165) is 0 Å². The van der Waals surface area contributed by atoms with Crippen molar-refractivity contribution in [1.29, 1.82) is 0 Å². The van der Waals surface area contributed by atoms with Crippen LogP contribution in [0.25, 0.3) is 10.8 Å². The van der Waals surface area contributed by atoms with Crippen molar-refractivity contribution in [2.24, 2.45) is 0 Å². The van der Waals surface area contributed by atoms with Crippen LogP contribution < -0.4 is 10.3 Å². The molecule has 0 atom stereocenters. The molecule has 0 aliphatic carbocycles. The molecule has 4 nitrogen and oxygen atoms in total. The highest BCUT2D eigenvalue weighted by atomic mass is 79.9. The molecule has 0 bridgehead atoms. The molecule has 16 heavy (non-hydrogen) atoms. The van der Waals surface area contributed by atoms with E-state index in [1.54, 1.807) is 6.07 Å². The number of benzene rings is 1. The zero-order valence-corrected chi connectivity index (χ0v) is 9.29. The molecular weight excluding hydrogens is 286 g/mol. The van der Waals surface area contributed by atoms with E-state index in [2.05, 4.69) is 30.9 Å². The zero-order chi connectivity index (χ0) is 11.7. The van der Waals surface area contributed by atoms with Gasteiger partial charge in [-0.25, -0.2) is 5.10 Å². The number of alkyl halides is 2. The van der Waals surface area contributed by atoms with Gasteiger partial charge in [0.1, 0.15) is 0 Å². The van der Waals surface area contributed by atoms with E-state index in [0.29, 0.717) is 4.47 Å². The first-order valence-electron chi connectivity index (χ1n) is 4.20. The fourth-order valence-electron chi connectivity index (χ4n) is 1.29. The Morgan fingerprint density at radius 3 is 2.81 bits per heavy atom. The van der Waals surface area contributed by atoms with Gasteiger partial charge in [-0.3, -0.25) is 4.79 Å². The van der Waals surface area contributed by atoms with Crippen LogP contribution in [-0.2, 0) is 0 Å². The van der Waals surface area contributed by atoms with Crippen LogP contribution in [-0.4, -0.2) is 16.8 Å². The molecule has 2 rings (SSSR count). The number of H-pyrrole nitrogens is 1. The first-order chi connectivity index (χ1) is 7.58. The van der Waals surface area contributed by atoms with E-state index in [1.165, 1.54) is 12.1 Å². The number of aromatic amines is 1. The molecule has 0 aliphatic heterocycles. The third kappa shape index (κ3) is 2.04. The first kappa shape index (κ1) is 11.0. The summed E-state index contributed by atoms with van der Waals surface area (Å²) >= 11 is 3.18. The molecule has 2 aromatic rings. The lowest BCUT2D eigenvalue weighted by atomic mass is 10.2. The number of rotatable bonds is 2. The highest BCUT2D eigenvalue weighted by Gasteiger charge is 2.12. The van der Waals surface area contributed by atoms with Crippen molar-refractivity contribution in [2.75, 3.05) is 0 Å². The van der Waals surface area contributed by atoms with Crippen LogP contribution >= 0.6 is 15.9 Å². The van der Waals surface area contributed by atoms with Crippen molar-refractivity contribution in [2.45, 2.75) is 6.61 Å². The number of aromatic nitrogens is 2. The number of ether oxygens (including phenoxy) is 1. The Hall–Kier alpha value is -1.50. The van der Waals surface area contributed by atoms with Crippen LogP contribution in [0.5, 0.6) is 5.88 Å². The molecule has 1 heterocycles. The van der Waals surface area contributed by atoms with E-state index in [1.807, 2.05) is 0 Å². The number of nitrogens with zero attached hydrogens (tertiary/aromatic N) is 1. The summed E-state index contributed by atoms with van der Waals surface area (Å²) in [7, 11) is 0. The lowest BCUT2D eigenvalue weighted by Crippen LogP contribution is -2.12. The van der Waals surface area contributed by atoms with Gasteiger partial charge in [-0.1, -0.05) is 15.9 Å². The maximum atomic E-state index is 12.1. The van der Waals surface area contributed by atoms with Gasteiger partial charge in [-0.2, -0.15) is 8.78 Å². The molecule has 1 N–H and O–H groups in total. The summed E-state index contributed by atoms with van der Waals surface area (Å²) in [6.07, 6.45) is 0. The second-order valence-corrected chi connectivity index (χ2v) is 3.84. The number of hydrogen-bond acceptors (Lipinski definition) is 3. The summed E-state index contributed by atoms with van der Waals surface area (Å²) in [4.78, 5) is 11.4. The van der Waals surface area contributed by atoms with Gasteiger partial charge in [0.05, 0.1) is 10.8 Å². The lowest BCUT2D eigenvalue weighted by Gasteiger charge is -2.05. The maximum absolute atomic E-state index is 12.1. The van der Waals surface area contributed by atoms with E-state index in [4.69, 9.17) is 0 Å². The molecule has 1 aromatic heterocycles. The molecule has 84 valence electrons. The Morgan fingerprint density at radius 1 is 1.38 bits per heavy atom. The summed E-state index contributed by atoms with van der Waals surface area (Å²) in [5, 5.41) is 5.99. The van der Waals surface area contributed by atoms with Gasteiger partial charge in [0.15, 0.2) is 0 Å². The molecule has 1 aromatic carbocycles. The zero-order valence-electron chi connectivity index (χ0n) is 7.71. The summed E-state index contributed by atoms with van der Waals surface area (Å²) in [6.45, 7) is -2.98. The van der Waals surface area contributed by atoms with Crippen LogP contribution in [0.3, 0.4) is 0 Å². The van der Waals surface area contributed by atoms with Gasteiger partial charge < -0.3 is 4.74 Å². The number of fused-ring (bicyclic) bond motifs is 1. The van der Waals surface area contributed by atoms with E-state index in [9.17, 15) is 13.6 Å². The second kappa shape index (κ2) is 4.17. The normalized spacial score (nSPS) is 11.0.